The molecule has 0 aliphatic heterocycles. The Hall–Kier alpha value is -1.71. The van der Waals surface area contributed by atoms with Gasteiger partial charge in [-0.3, -0.25) is 0 Å². The zero-order chi connectivity index (χ0) is 11.1. The normalized spacial score (nSPS) is 11.2. The number of methoxy groups -OCH3 is 1. The van der Waals surface area contributed by atoms with E-state index in [1.807, 2.05) is 31.2 Å². The Morgan fingerprint density at radius 3 is 2.80 bits per heavy atom. The van der Waals surface area contributed by atoms with Crippen molar-refractivity contribution in [3.05, 3.63) is 29.8 Å². The molecule has 4 nitrogen and oxygen atoms in total. The Bertz CT molecular complexity index is 337. The van der Waals surface area contributed by atoms with Gasteiger partial charge in [0.1, 0.15) is 18.2 Å². The van der Waals surface area contributed by atoms with Gasteiger partial charge in [-0.25, -0.2) is 0 Å². The molecule has 1 aromatic rings. The van der Waals surface area contributed by atoms with Crippen molar-refractivity contribution in [2.24, 2.45) is 10.9 Å². The van der Waals surface area contributed by atoms with E-state index in [2.05, 4.69) is 5.16 Å². The van der Waals surface area contributed by atoms with Gasteiger partial charge in [0, 0.05) is 12.0 Å². The fourth-order valence-corrected chi connectivity index (χ4v) is 1.07. The molecule has 1 aromatic carbocycles. The lowest BCUT2D eigenvalue weighted by Crippen LogP contribution is -2.10. The van der Waals surface area contributed by atoms with Gasteiger partial charge in [0.2, 0.25) is 0 Å². The summed E-state index contributed by atoms with van der Waals surface area (Å²) in [5.74, 6) is 1.28. The Kier molecular flexibility index (Phi) is 4.47. The van der Waals surface area contributed by atoms with Crippen LogP contribution in [0.1, 0.15) is 18.9 Å². The third-order valence-corrected chi connectivity index (χ3v) is 1.96. The van der Waals surface area contributed by atoms with E-state index in [9.17, 15) is 0 Å². The molecular weight excluding hydrogens is 192 g/mol. The van der Waals surface area contributed by atoms with Crippen LogP contribution >= 0.6 is 0 Å². The minimum Gasteiger partial charge on any atom is -0.496 e. The van der Waals surface area contributed by atoms with E-state index >= 15 is 0 Å². The molecule has 4 heteroatoms. The van der Waals surface area contributed by atoms with Gasteiger partial charge >= 0.3 is 0 Å². The fraction of sp³-hybridized carbons (Fsp3) is 0.364. The molecule has 0 atom stereocenters. The maximum absolute atomic E-state index is 5.50. The van der Waals surface area contributed by atoms with Gasteiger partial charge in [-0.1, -0.05) is 30.3 Å². The van der Waals surface area contributed by atoms with Gasteiger partial charge in [-0.2, -0.15) is 0 Å². The van der Waals surface area contributed by atoms with Crippen LogP contribution in [0.5, 0.6) is 5.75 Å². The van der Waals surface area contributed by atoms with Gasteiger partial charge in [-0.05, 0) is 6.07 Å². The molecule has 1 rings (SSSR count). The summed E-state index contributed by atoms with van der Waals surface area (Å²) < 4.78 is 5.17. The number of benzene rings is 1. The topological polar surface area (TPSA) is 56.8 Å². The molecule has 82 valence electrons. The second-order valence-electron chi connectivity index (χ2n) is 3.02. The Balaban J connectivity index is 2.57. The van der Waals surface area contributed by atoms with Crippen LogP contribution in [0, 0.1) is 0 Å². The highest BCUT2D eigenvalue weighted by Crippen LogP contribution is 2.17. The summed E-state index contributed by atoms with van der Waals surface area (Å²) in [6.45, 7) is 2.29. The van der Waals surface area contributed by atoms with Crippen molar-refractivity contribution in [2.45, 2.75) is 20.0 Å². The number of nitrogens with two attached hydrogens (primary N) is 1. The standard InChI is InChI=1S/C11H16N2O2/c1-3-11(12)13-15-8-9-6-4-5-7-10(9)14-2/h4-7H,3,8H2,1-2H3,(H2,12,13). The van der Waals surface area contributed by atoms with E-state index < -0.39 is 0 Å². The summed E-state index contributed by atoms with van der Waals surface area (Å²) in [7, 11) is 1.63. The number of para-hydroxylation sites is 1. The molecule has 0 fully saturated rings. The van der Waals surface area contributed by atoms with Crippen molar-refractivity contribution in [1.82, 2.24) is 0 Å². The smallest absolute Gasteiger partial charge is 0.145 e. The molecule has 0 saturated heterocycles. The molecule has 0 spiro atoms. The van der Waals surface area contributed by atoms with Crippen LogP contribution in [-0.2, 0) is 11.4 Å². The summed E-state index contributed by atoms with van der Waals surface area (Å²) in [6.07, 6.45) is 0.686. The lowest BCUT2D eigenvalue weighted by molar-refractivity contribution is 0.127. The number of ether oxygens (including phenoxy) is 1. The van der Waals surface area contributed by atoms with Crippen LogP contribution in [0.3, 0.4) is 0 Å². The number of oxime groups is 1. The third-order valence-electron chi connectivity index (χ3n) is 1.96. The van der Waals surface area contributed by atoms with Gasteiger partial charge in [0.15, 0.2) is 0 Å². The van der Waals surface area contributed by atoms with Crippen LogP contribution in [-0.4, -0.2) is 12.9 Å². The van der Waals surface area contributed by atoms with Crippen molar-refractivity contribution in [1.29, 1.82) is 0 Å². The molecule has 0 aliphatic carbocycles. The predicted molar refractivity (Wildman–Crippen MR) is 59.7 cm³/mol. The summed E-state index contributed by atoms with van der Waals surface area (Å²) in [4.78, 5) is 5.10. The Labute approximate surface area is 89.7 Å². The molecule has 0 radical (unpaired) electrons. The highest BCUT2D eigenvalue weighted by Gasteiger charge is 2.01. The number of hydrogen-bond donors (Lipinski definition) is 1. The van der Waals surface area contributed by atoms with Gasteiger partial charge in [0.25, 0.3) is 0 Å². The number of rotatable bonds is 5. The highest BCUT2D eigenvalue weighted by atomic mass is 16.6. The van der Waals surface area contributed by atoms with E-state index in [-0.39, 0.29) is 0 Å². The first kappa shape index (κ1) is 11.4. The average molecular weight is 208 g/mol. The lowest BCUT2D eigenvalue weighted by Gasteiger charge is -2.06. The molecule has 2 N–H and O–H groups in total. The molecule has 15 heavy (non-hydrogen) atoms. The number of amidine groups is 1. The van der Waals surface area contributed by atoms with Crippen LogP contribution in [0.2, 0.25) is 0 Å². The summed E-state index contributed by atoms with van der Waals surface area (Å²) in [5, 5.41) is 3.75. The van der Waals surface area contributed by atoms with E-state index in [0.29, 0.717) is 18.9 Å². The van der Waals surface area contributed by atoms with Crippen molar-refractivity contribution >= 4 is 5.84 Å². The summed E-state index contributed by atoms with van der Waals surface area (Å²) in [6, 6.07) is 7.64. The Morgan fingerprint density at radius 1 is 1.40 bits per heavy atom. The van der Waals surface area contributed by atoms with Crippen molar-refractivity contribution in [2.75, 3.05) is 7.11 Å². The van der Waals surface area contributed by atoms with Crippen LogP contribution in [0.25, 0.3) is 0 Å². The molecule has 0 aromatic heterocycles. The van der Waals surface area contributed by atoms with Gasteiger partial charge in [-0.15, -0.1) is 0 Å². The fourth-order valence-electron chi connectivity index (χ4n) is 1.07. The number of hydrogen-bond acceptors (Lipinski definition) is 3. The van der Waals surface area contributed by atoms with Crippen molar-refractivity contribution in [3.8, 4) is 5.75 Å². The summed E-state index contributed by atoms with van der Waals surface area (Å²) in [5.41, 5.74) is 6.45. The van der Waals surface area contributed by atoms with Crippen LogP contribution in [0.4, 0.5) is 0 Å². The molecule has 0 amide bonds. The molecule has 0 aliphatic rings. The van der Waals surface area contributed by atoms with Crippen LogP contribution in [0.15, 0.2) is 29.4 Å². The average Bonchev–Trinajstić information content (AvgIpc) is 2.29. The zero-order valence-corrected chi connectivity index (χ0v) is 9.06. The molecule has 0 unspecified atom stereocenters. The van der Waals surface area contributed by atoms with E-state index in [4.69, 9.17) is 15.3 Å². The summed E-state index contributed by atoms with van der Waals surface area (Å²) >= 11 is 0. The third kappa shape index (κ3) is 3.50. The molecule has 0 saturated carbocycles. The van der Waals surface area contributed by atoms with Crippen molar-refractivity contribution in [3.63, 3.8) is 0 Å². The van der Waals surface area contributed by atoms with E-state index in [1.165, 1.54) is 0 Å². The largest absolute Gasteiger partial charge is 0.496 e. The maximum atomic E-state index is 5.50. The van der Waals surface area contributed by atoms with Gasteiger partial charge < -0.3 is 15.3 Å². The minimum atomic E-state index is 0.366. The first-order valence-electron chi connectivity index (χ1n) is 4.84. The quantitative estimate of drug-likeness (QED) is 0.456. The predicted octanol–water partition coefficient (Wildman–Crippen LogP) is 1.89. The monoisotopic (exact) mass is 208 g/mol. The second kappa shape index (κ2) is 5.90. The van der Waals surface area contributed by atoms with E-state index in [0.717, 1.165) is 11.3 Å². The molecule has 0 heterocycles. The SMILES string of the molecule is CC/C(N)=N\OCc1ccccc1OC. The molecular formula is C11H16N2O2. The van der Waals surface area contributed by atoms with E-state index in [1.54, 1.807) is 7.11 Å². The molecule has 0 bridgehead atoms. The highest BCUT2D eigenvalue weighted by molar-refractivity contribution is 5.79. The Morgan fingerprint density at radius 2 is 2.13 bits per heavy atom. The number of nitrogens with zero attached hydrogens (tertiary/aromatic N) is 1. The lowest BCUT2D eigenvalue weighted by atomic mass is 10.2. The minimum absolute atomic E-state index is 0.366. The first-order valence-corrected chi connectivity index (χ1v) is 4.84. The zero-order valence-electron chi connectivity index (χ0n) is 9.06. The second-order valence-corrected chi connectivity index (χ2v) is 3.02. The van der Waals surface area contributed by atoms with Crippen molar-refractivity contribution < 1.29 is 9.57 Å². The van der Waals surface area contributed by atoms with Crippen LogP contribution < -0.4 is 10.5 Å². The first-order chi connectivity index (χ1) is 7.27. The van der Waals surface area contributed by atoms with Gasteiger partial charge in [0.05, 0.1) is 7.11 Å². The maximum Gasteiger partial charge on any atom is 0.145 e.